The minimum atomic E-state index is -0.186. The monoisotopic (exact) mass is 393 g/mol. The summed E-state index contributed by atoms with van der Waals surface area (Å²) in [6.45, 7) is 5.84. The summed E-state index contributed by atoms with van der Waals surface area (Å²) < 4.78 is 0. The molecule has 0 radical (unpaired) electrons. The van der Waals surface area contributed by atoms with Crippen molar-refractivity contribution in [2.75, 3.05) is 10.6 Å². The van der Waals surface area contributed by atoms with Crippen molar-refractivity contribution in [3.05, 3.63) is 65.2 Å². The summed E-state index contributed by atoms with van der Waals surface area (Å²) in [5, 5.41) is 6.58. The van der Waals surface area contributed by atoms with Crippen molar-refractivity contribution in [1.82, 2.24) is 4.98 Å². The first kappa shape index (κ1) is 19.8. The van der Waals surface area contributed by atoms with Crippen molar-refractivity contribution in [3.8, 4) is 10.6 Å². The Labute approximate surface area is 168 Å². The molecule has 1 heterocycles. The van der Waals surface area contributed by atoms with Gasteiger partial charge in [-0.2, -0.15) is 0 Å². The Hall–Kier alpha value is -2.99. The number of rotatable bonds is 6. The van der Waals surface area contributed by atoms with Gasteiger partial charge in [0.05, 0.1) is 5.69 Å². The van der Waals surface area contributed by atoms with E-state index in [-0.39, 0.29) is 11.8 Å². The van der Waals surface area contributed by atoms with Gasteiger partial charge in [-0.3, -0.25) is 9.59 Å². The molecule has 6 heteroatoms. The molecular weight excluding hydrogens is 370 g/mol. The first-order valence-corrected chi connectivity index (χ1v) is 9.98. The van der Waals surface area contributed by atoms with Crippen LogP contribution in [0.3, 0.4) is 0 Å². The molecule has 28 heavy (non-hydrogen) atoms. The highest BCUT2D eigenvalue weighted by Gasteiger charge is 2.16. The van der Waals surface area contributed by atoms with Gasteiger partial charge in [0.2, 0.25) is 5.91 Å². The number of nitrogens with zero attached hydrogens (tertiary/aromatic N) is 1. The number of thiazole rings is 1. The largest absolute Gasteiger partial charge is 0.326 e. The van der Waals surface area contributed by atoms with Gasteiger partial charge in [-0.1, -0.05) is 44.2 Å². The van der Waals surface area contributed by atoms with Crippen LogP contribution in [0.5, 0.6) is 0 Å². The lowest BCUT2D eigenvalue weighted by Crippen LogP contribution is -2.14. The standard InChI is InChI=1S/C22H23N3O2S/c1-14(2)13-19(26)24-17-9-11-18(12-10-17)25-21(27)20-15(3)23-22(28-20)16-7-5-4-6-8-16/h4-12,14H,13H2,1-3H3,(H,24,26)(H,25,27). The molecule has 0 aliphatic heterocycles. The van der Waals surface area contributed by atoms with E-state index in [0.717, 1.165) is 10.6 Å². The zero-order chi connectivity index (χ0) is 20.1. The molecule has 0 fully saturated rings. The van der Waals surface area contributed by atoms with Crippen LogP contribution in [0.1, 0.15) is 35.6 Å². The van der Waals surface area contributed by atoms with Crippen LogP contribution in [-0.4, -0.2) is 16.8 Å². The number of hydrogen-bond donors (Lipinski definition) is 2. The van der Waals surface area contributed by atoms with Crippen LogP contribution in [0.15, 0.2) is 54.6 Å². The first-order valence-electron chi connectivity index (χ1n) is 9.16. The average Bonchev–Trinajstić information content (AvgIpc) is 3.05. The van der Waals surface area contributed by atoms with Gasteiger partial charge >= 0.3 is 0 Å². The van der Waals surface area contributed by atoms with E-state index in [1.54, 1.807) is 24.3 Å². The summed E-state index contributed by atoms with van der Waals surface area (Å²) in [4.78, 5) is 29.6. The van der Waals surface area contributed by atoms with Crippen molar-refractivity contribution in [2.45, 2.75) is 27.2 Å². The van der Waals surface area contributed by atoms with Gasteiger partial charge in [0.15, 0.2) is 0 Å². The molecule has 1 aromatic heterocycles. The van der Waals surface area contributed by atoms with Crippen LogP contribution >= 0.6 is 11.3 Å². The Bertz CT molecular complexity index is 963. The van der Waals surface area contributed by atoms with E-state index >= 15 is 0 Å². The Balaban J connectivity index is 1.67. The molecule has 0 saturated heterocycles. The molecule has 2 aromatic carbocycles. The third-order valence-electron chi connectivity index (χ3n) is 4.04. The molecule has 2 amide bonds. The first-order chi connectivity index (χ1) is 13.4. The van der Waals surface area contributed by atoms with Crippen LogP contribution in [0.2, 0.25) is 0 Å². The maximum Gasteiger partial charge on any atom is 0.267 e. The van der Waals surface area contributed by atoms with Crippen LogP contribution in [0.4, 0.5) is 11.4 Å². The number of hydrogen-bond acceptors (Lipinski definition) is 4. The van der Waals surface area contributed by atoms with Crippen LogP contribution in [-0.2, 0) is 4.79 Å². The van der Waals surface area contributed by atoms with E-state index in [0.29, 0.717) is 34.3 Å². The normalized spacial score (nSPS) is 10.7. The molecule has 144 valence electrons. The molecule has 2 N–H and O–H groups in total. The summed E-state index contributed by atoms with van der Waals surface area (Å²) in [5.41, 5.74) is 3.08. The highest BCUT2D eigenvalue weighted by Crippen LogP contribution is 2.28. The molecule has 5 nitrogen and oxygen atoms in total. The SMILES string of the molecule is Cc1nc(-c2ccccc2)sc1C(=O)Nc1ccc(NC(=O)CC(C)C)cc1. The van der Waals surface area contributed by atoms with Crippen LogP contribution < -0.4 is 10.6 Å². The van der Waals surface area contributed by atoms with Crippen LogP contribution in [0, 0.1) is 12.8 Å². The van der Waals surface area contributed by atoms with E-state index < -0.39 is 0 Å². The second-order valence-electron chi connectivity index (χ2n) is 6.98. The van der Waals surface area contributed by atoms with E-state index in [1.165, 1.54) is 11.3 Å². The molecule has 0 aliphatic rings. The molecule has 0 unspecified atom stereocenters. The fraction of sp³-hybridized carbons (Fsp3) is 0.227. The topological polar surface area (TPSA) is 71.1 Å². The van der Waals surface area contributed by atoms with Crippen molar-refractivity contribution >= 4 is 34.5 Å². The Morgan fingerprint density at radius 1 is 0.964 bits per heavy atom. The lowest BCUT2D eigenvalue weighted by Gasteiger charge is -2.08. The summed E-state index contributed by atoms with van der Waals surface area (Å²) in [5.74, 6) is 0.108. The number of nitrogens with one attached hydrogen (secondary N) is 2. The van der Waals surface area contributed by atoms with Crippen LogP contribution in [0.25, 0.3) is 10.6 Å². The third kappa shape index (κ3) is 5.04. The molecule has 0 bridgehead atoms. The molecule has 3 rings (SSSR count). The Kier molecular flexibility index (Phi) is 6.21. The lowest BCUT2D eigenvalue weighted by atomic mass is 10.1. The van der Waals surface area contributed by atoms with Crippen molar-refractivity contribution in [3.63, 3.8) is 0 Å². The van der Waals surface area contributed by atoms with Gasteiger partial charge in [0.25, 0.3) is 5.91 Å². The predicted octanol–water partition coefficient (Wildman–Crippen LogP) is 5.36. The summed E-state index contributed by atoms with van der Waals surface area (Å²) in [6, 6.07) is 16.9. The van der Waals surface area contributed by atoms with Gasteiger partial charge in [-0.05, 0) is 37.1 Å². The fourth-order valence-corrected chi connectivity index (χ4v) is 3.69. The molecule has 0 saturated carbocycles. The zero-order valence-electron chi connectivity index (χ0n) is 16.2. The summed E-state index contributed by atoms with van der Waals surface area (Å²) in [6.07, 6.45) is 0.479. The van der Waals surface area contributed by atoms with Gasteiger partial charge in [0.1, 0.15) is 9.88 Å². The number of carbonyl (C=O) groups excluding carboxylic acids is 2. The molecule has 0 aliphatic carbocycles. The van der Waals surface area contributed by atoms with Gasteiger partial charge in [-0.25, -0.2) is 4.98 Å². The number of amides is 2. The minimum absolute atomic E-state index is 0.0134. The number of aryl methyl sites for hydroxylation is 1. The van der Waals surface area contributed by atoms with Crippen molar-refractivity contribution in [1.29, 1.82) is 0 Å². The highest BCUT2D eigenvalue weighted by molar-refractivity contribution is 7.17. The van der Waals surface area contributed by atoms with E-state index in [1.807, 2.05) is 51.1 Å². The molecule has 0 spiro atoms. The van der Waals surface area contributed by atoms with E-state index in [2.05, 4.69) is 15.6 Å². The quantitative estimate of drug-likeness (QED) is 0.592. The predicted molar refractivity (Wildman–Crippen MR) is 115 cm³/mol. The number of anilines is 2. The maximum absolute atomic E-state index is 12.7. The van der Waals surface area contributed by atoms with E-state index in [4.69, 9.17) is 0 Å². The van der Waals surface area contributed by atoms with Gasteiger partial charge < -0.3 is 10.6 Å². The van der Waals surface area contributed by atoms with Crippen molar-refractivity contribution < 1.29 is 9.59 Å². The summed E-state index contributed by atoms with van der Waals surface area (Å²) >= 11 is 1.38. The second kappa shape index (κ2) is 8.80. The minimum Gasteiger partial charge on any atom is -0.326 e. The highest BCUT2D eigenvalue weighted by atomic mass is 32.1. The van der Waals surface area contributed by atoms with E-state index in [9.17, 15) is 9.59 Å². The molecular formula is C22H23N3O2S. The van der Waals surface area contributed by atoms with Gasteiger partial charge in [-0.15, -0.1) is 11.3 Å². The third-order valence-corrected chi connectivity index (χ3v) is 5.25. The second-order valence-corrected chi connectivity index (χ2v) is 7.98. The zero-order valence-corrected chi connectivity index (χ0v) is 17.0. The fourth-order valence-electron chi connectivity index (χ4n) is 2.72. The Morgan fingerprint density at radius 2 is 1.57 bits per heavy atom. The lowest BCUT2D eigenvalue weighted by molar-refractivity contribution is -0.116. The average molecular weight is 394 g/mol. The maximum atomic E-state index is 12.7. The number of aromatic nitrogens is 1. The summed E-state index contributed by atoms with van der Waals surface area (Å²) in [7, 11) is 0. The molecule has 0 atom stereocenters. The molecule has 3 aromatic rings. The Morgan fingerprint density at radius 3 is 2.18 bits per heavy atom. The number of benzene rings is 2. The van der Waals surface area contributed by atoms with Crippen molar-refractivity contribution in [2.24, 2.45) is 5.92 Å². The van der Waals surface area contributed by atoms with Gasteiger partial charge in [0, 0.05) is 23.4 Å². The number of carbonyl (C=O) groups is 2. The smallest absolute Gasteiger partial charge is 0.267 e.